The van der Waals surface area contributed by atoms with Crippen LogP contribution in [0.3, 0.4) is 0 Å². The SMILES string of the molecule is O.O.O.O.O.O.O.O.O.O.O.O.O.O.O.O.O.O.O.O.O.O.O.O.O.O.O.O.O.O.O.O.O.O.O.O.O.O.O.O.O.O.O.O.O.O.O.O=P([O-])([O-])O[C@H]1[C@H](OP(=O)([O-])[O-])[C@@H](OP(=O)([O-])[O-])[C@H](OP(=O)([O-])[O-])[C@@H](OP(=O)([O-])[O-])[C@H]1OP(=O)([O-])[O-].[Na+].[Na+].[Na+].[Na+].[Na+].[Na+].[Na+].[Na+].[Na+].[Na+].[Na+].[Na+]. The largest absolute Gasteiger partial charge is 1.00 e. The predicted octanol–water partition coefficient (Wildman–Crippen LogP) is -85.4. The van der Waals surface area contributed by atoms with E-state index in [0.29, 0.717) is 0 Å². The quantitative estimate of drug-likeness (QED) is 0.129. The second-order valence-electron chi connectivity index (χ2n) is 6.10. The average Bonchev–Trinajstić information content (AvgIpc) is 2.51. The first-order valence-corrected chi connectivity index (χ1v) is 16.6. The molecule has 592 valence electrons. The molecular formula is C6H100Na12O71P6. The first-order chi connectivity index (χ1) is 15.6. The fourth-order valence-corrected chi connectivity index (χ4v) is 5.96. The zero-order chi connectivity index (χ0) is 28.7. The second kappa shape index (κ2) is 225. The van der Waals surface area contributed by atoms with E-state index in [2.05, 4.69) is 27.1 Å². The van der Waals surface area contributed by atoms with Gasteiger partial charge in [0.25, 0.3) is 0 Å². The molecule has 0 atom stereocenters. The van der Waals surface area contributed by atoms with Crippen molar-refractivity contribution in [3.8, 4) is 0 Å². The van der Waals surface area contributed by atoms with Crippen molar-refractivity contribution in [2.45, 2.75) is 36.6 Å². The summed E-state index contributed by atoms with van der Waals surface area (Å²) in [5.74, 6) is 0. The molecule has 71 nitrogen and oxygen atoms in total. The maximum atomic E-state index is 11.1. The standard InChI is InChI=1S/C6H18O24P6.12Na.47H2O/c7-31(8,9)25-1-2(26-32(10,11)12)4(28-34(16,17)18)6(30-36(22,23)24)5(29-35(19,20)21)3(1)27-33(13,14)15;;;;;;;;;;;;;;;;;;;;;;;;;;;;;;;;;;;;;;;;;;;;;;;;;;;;;;;;;;;/h1-6H,(H2,7,8,9)(H2,10,11,12)(H2,13,14,15)(H2,16,17,18)(H2,19,20,21)(H2,22,23,24);;;;;;;;;;;;;47*1H2/q;12*+1;;;;;;;;;;;;;;;;;;;;;;;;;;;;;;;;;;;;;;;;;;;;;;;/p-12/t1-,2-,3-,4+,5-,6-;;;;;;;;;;;;;;;;;;;;;;;;;;;;;;;;;;;;;;;;;;;;;;;;;;;;;;;;;;;. The Bertz CT molecular complexity index is 886. The summed E-state index contributed by atoms with van der Waals surface area (Å²) < 4.78 is 88.3. The van der Waals surface area contributed by atoms with Gasteiger partial charge in [0.1, 0.15) is 36.6 Å². The number of phosphoric ester groups is 6. The minimum Gasteiger partial charge on any atom is -0.790 e. The molecule has 89 heteroatoms. The van der Waals surface area contributed by atoms with E-state index in [4.69, 9.17) is 0 Å². The summed E-state index contributed by atoms with van der Waals surface area (Å²) in [6.45, 7) is 0. The molecule has 0 heterocycles. The van der Waals surface area contributed by atoms with Gasteiger partial charge in [0.15, 0.2) is 0 Å². The molecule has 94 N–H and O–H groups in total. The third-order valence-electron chi connectivity index (χ3n) is 3.45. The zero-order valence-corrected chi connectivity index (χ0v) is 80.8. The Balaban J connectivity index is -0.00000000385. The number of hydrogen-bond acceptors (Lipinski definition) is 24. The van der Waals surface area contributed by atoms with Gasteiger partial charge in [0.2, 0.25) is 0 Å². The Morgan fingerprint density at radius 2 is 0.158 bits per heavy atom. The zero-order valence-electron chi connectivity index (χ0n) is 51.4. The molecule has 0 bridgehead atoms. The second-order valence-corrected chi connectivity index (χ2v) is 12.7. The van der Waals surface area contributed by atoms with Gasteiger partial charge in [-0.2, -0.15) is 0 Å². The number of hydrogen-bond donors (Lipinski definition) is 0. The Hall–Kier alpha value is 10.8. The van der Waals surface area contributed by atoms with Crippen LogP contribution in [0.5, 0.6) is 0 Å². The maximum absolute atomic E-state index is 11.1. The predicted molar refractivity (Wildman–Crippen MR) is 245 cm³/mol. The van der Waals surface area contributed by atoms with Gasteiger partial charge in [-0.25, -0.2) is 0 Å². The van der Waals surface area contributed by atoms with Crippen LogP contribution < -0.4 is 413 Å². The fourth-order valence-electron chi connectivity index (χ4n) is 2.74. The van der Waals surface area contributed by atoms with E-state index in [9.17, 15) is 86.1 Å². The molecule has 0 amide bonds. The Morgan fingerprint density at radius 1 is 0.126 bits per heavy atom. The topological polar surface area (TPSA) is 1920 Å². The summed E-state index contributed by atoms with van der Waals surface area (Å²) in [6.07, 6.45) is -21.5. The molecule has 0 unspecified atom stereocenters. The summed E-state index contributed by atoms with van der Waals surface area (Å²) >= 11 is 0. The Labute approximate surface area is 796 Å². The normalized spacial score (nSPS) is 11.1. The van der Waals surface area contributed by atoms with E-state index < -0.39 is 83.6 Å². The van der Waals surface area contributed by atoms with Crippen LogP contribution in [0, 0.1) is 0 Å². The van der Waals surface area contributed by atoms with Crippen LogP contribution in [0.1, 0.15) is 0 Å². The van der Waals surface area contributed by atoms with Crippen LogP contribution in [0.25, 0.3) is 0 Å². The first-order valence-electron chi connectivity index (χ1n) is 7.80. The van der Waals surface area contributed by atoms with E-state index in [1.165, 1.54) is 0 Å². The molecule has 95 heavy (non-hydrogen) atoms. The van der Waals surface area contributed by atoms with Crippen LogP contribution in [0.15, 0.2) is 0 Å². The van der Waals surface area contributed by atoms with Gasteiger partial charge in [-0.1, -0.05) is 0 Å². The van der Waals surface area contributed by atoms with E-state index in [1.807, 2.05) is 0 Å². The van der Waals surface area contributed by atoms with Gasteiger partial charge in [-0.3, -0.25) is 0 Å². The Kier molecular flexibility index (Phi) is 1260. The summed E-state index contributed by atoms with van der Waals surface area (Å²) in [5, 5.41) is 0. The smallest absolute Gasteiger partial charge is 0.790 e. The van der Waals surface area contributed by atoms with Gasteiger partial charge in [-0.05, 0) is 0 Å². The third-order valence-corrected chi connectivity index (χ3v) is 6.46. The number of rotatable bonds is 12. The van der Waals surface area contributed by atoms with Gasteiger partial charge < -0.3 is 371 Å². The minimum absolute atomic E-state index is 0. The maximum Gasteiger partial charge on any atom is 1.00 e. The molecule has 0 aromatic rings. The molecule has 0 spiro atoms. The fraction of sp³-hybridized carbons (Fsp3) is 1.00. The molecular weight excluding hydrogens is 1670 g/mol. The van der Waals surface area contributed by atoms with Crippen molar-refractivity contribution in [1.82, 2.24) is 0 Å². The molecule has 1 aliphatic carbocycles. The average molecular weight is 1770 g/mol. The molecule has 1 saturated carbocycles. The molecule has 1 rings (SSSR count). The summed E-state index contributed by atoms with van der Waals surface area (Å²) in [6, 6.07) is 0. The molecule has 0 aromatic heterocycles. The first kappa shape index (κ1) is 531. The molecule has 0 radical (unpaired) electrons. The van der Waals surface area contributed by atoms with E-state index in [1.54, 1.807) is 0 Å². The molecule has 0 aliphatic heterocycles. The monoisotopic (exact) mass is 1770 g/mol. The minimum atomic E-state index is -6.68. The third kappa shape index (κ3) is 264. The van der Waals surface area contributed by atoms with E-state index in [-0.39, 0.29) is 612 Å². The summed E-state index contributed by atoms with van der Waals surface area (Å²) in [5.41, 5.74) is 0. The van der Waals surface area contributed by atoms with Gasteiger partial charge >= 0.3 is 355 Å². The van der Waals surface area contributed by atoms with Gasteiger partial charge in [0, 0.05) is 0 Å². The van der Waals surface area contributed by atoms with Crippen molar-refractivity contribution in [2.24, 2.45) is 0 Å². The molecule has 0 saturated heterocycles. The van der Waals surface area contributed by atoms with Crippen molar-refractivity contribution in [2.75, 3.05) is 0 Å². The van der Waals surface area contributed by atoms with Crippen molar-refractivity contribution in [3.05, 3.63) is 0 Å². The van der Waals surface area contributed by atoms with Crippen molar-refractivity contribution in [1.29, 1.82) is 0 Å². The van der Waals surface area contributed by atoms with Crippen LogP contribution in [0.4, 0.5) is 0 Å². The van der Waals surface area contributed by atoms with E-state index in [0.717, 1.165) is 0 Å². The van der Waals surface area contributed by atoms with Crippen LogP contribution in [-0.2, 0) is 54.5 Å². The molecule has 0 aromatic carbocycles. The van der Waals surface area contributed by atoms with E-state index >= 15 is 0 Å². The van der Waals surface area contributed by atoms with Crippen molar-refractivity contribution in [3.63, 3.8) is 0 Å². The van der Waals surface area contributed by atoms with Gasteiger partial charge in [-0.15, -0.1) is 0 Å². The Morgan fingerprint density at radius 3 is 0.179 bits per heavy atom. The summed E-state index contributed by atoms with van der Waals surface area (Å²) in [7, 11) is -40.1. The van der Waals surface area contributed by atoms with Crippen LogP contribution in [-0.4, -0.2) is 294 Å². The summed E-state index contributed by atoms with van der Waals surface area (Å²) in [4.78, 5) is 133. The van der Waals surface area contributed by atoms with Crippen molar-refractivity contribution < 1.29 is 725 Å². The number of phosphoric acid groups is 6. The molecule has 1 aliphatic rings. The molecule has 1 fully saturated rings. The van der Waals surface area contributed by atoms with Crippen LogP contribution >= 0.6 is 46.9 Å². The van der Waals surface area contributed by atoms with Crippen LogP contribution in [0.2, 0.25) is 0 Å². The van der Waals surface area contributed by atoms with Gasteiger partial charge in [0.05, 0.1) is 46.9 Å². The van der Waals surface area contributed by atoms with Crippen molar-refractivity contribution >= 4 is 46.9 Å².